The molecule has 110 valence electrons. The standard InChI is InChI=1S/C16H13N3O2S/c20-15(21)8-11-3-5-13(6-4-11)18-16-19-14(10-22-16)12-2-1-7-17-9-12/h1-7,9-10H,8H2,(H,18,19)(H,20,21). The Balaban J connectivity index is 1.71. The van der Waals surface area contributed by atoms with Gasteiger partial charge in [0.25, 0.3) is 0 Å². The summed E-state index contributed by atoms with van der Waals surface area (Å²) in [7, 11) is 0. The van der Waals surface area contributed by atoms with Crippen molar-refractivity contribution in [1.29, 1.82) is 0 Å². The lowest BCUT2D eigenvalue weighted by Crippen LogP contribution is -1.99. The van der Waals surface area contributed by atoms with Crippen LogP contribution < -0.4 is 5.32 Å². The van der Waals surface area contributed by atoms with E-state index in [4.69, 9.17) is 5.11 Å². The van der Waals surface area contributed by atoms with Gasteiger partial charge in [-0.2, -0.15) is 0 Å². The van der Waals surface area contributed by atoms with Crippen molar-refractivity contribution >= 4 is 28.1 Å². The molecule has 0 spiro atoms. The number of carbonyl (C=O) groups is 1. The molecular weight excluding hydrogens is 298 g/mol. The fourth-order valence-corrected chi connectivity index (χ4v) is 2.72. The van der Waals surface area contributed by atoms with E-state index in [0.29, 0.717) is 0 Å². The van der Waals surface area contributed by atoms with E-state index < -0.39 is 5.97 Å². The number of nitrogens with one attached hydrogen (secondary N) is 1. The maximum atomic E-state index is 10.7. The summed E-state index contributed by atoms with van der Waals surface area (Å²) in [6.07, 6.45) is 3.54. The van der Waals surface area contributed by atoms with Crippen LogP contribution >= 0.6 is 11.3 Å². The molecule has 0 aliphatic heterocycles. The highest BCUT2D eigenvalue weighted by atomic mass is 32.1. The molecule has 3 aromatic rings. The number of aromatic nitrogens is 2. The Morgan fingerprint density at radius 3 is 2.73 bits per heavy atom. The molecule has 0 atom stereocenters. The zero-order valence-corrected chi connectivity index (χ0v) is 12.4. The molecule has 0 unspecified atom stereocenters. The van der Waals surface area contributed by atoms with E-state index in [1.165, 1.54) is 11.3 Å². The average Bonchev–Trinajstić information content (AvgIpc) is 2.98. The van der Waals surface area contributed by atoms with Crippen molar-refractivity contribution in [2.24, 2.45) is 0 Å². The molecule has 0 saturated heterocycles. The summed E-state index contributed by atoms with van der Waals surface area (Å²) < 4.78 is 0. The van der Waals surface area contributed by atoms with Crippen molar-refractivity contribution in [2.45, 2.75) is 6.42 Å². The van der Waals surface area contributed by atoms with E-state index in [9.17, 15) is 4.79 Å². The molecule has 0 amide bonds. The van der Waals surface area contributed by atoms with Gasteiger partial charge in [0.15, 0.2) is 5.13 Å². The second-order valence-electron chi connectivity index (χ2n) is 4.67. The number of pyridine rings is 1. The first-order chi connectivity index (χ1) is 10.7. The minimum atomic E-state index is -0.832. The average molecular weight is 311 g/mol. The van der Waals surface area contributed by atoms with Crippen LogP contribution in [-0.4, -0.2) is 21.0 Å². The predicted molar refractivity (Wildman–Crippen MR) is 86.4 cm³/mol. The molecule has 22 heavy (non-hydrogen) atoms. The second-order valence-corrected chi connectivity index (χ2v) is 5.53. The summed E-state index contributed by atoms with van der Waals surface area (Å²) in [5.74, 6) is -0.832. The number of nitrogens with zero attached hydrogens (tertiary/aromatic N) is 2. The van der Waals surface area contributed by atoms with E-state index in [0.717, 1.165) is 27.6 Å². The first-order valence-corrected chi connectivity index (χ1v) is 7.52. The number of anilines is 2. The third-order valence-electron chi connectivity index (χ3n) is 3.02. The minimum absolute atomic E-state index is 0.0304. The monoisotopic (exact) mass is 311 g/mol. The maximum Gasteiger partial charge on any atom is 0.307 e. The number of carboxylic acid groups (broad SMARTS) is 1. The van der Waals surface area contributed by atoms with Gasteiger partial charge in [0.1, 0.15) is 0 Å². The van der Waals surface area contributed by atoms with Gasteiger partial charge in [-0.15, -0.1) is 11.3 Å². The van der Waals surface area contributed by atoms with Crippen LogP contribution in [-0.2, 0) is 11.2 Å². The van der Waals surface area contributed by atoms with Gasteiger partial charge >= 0.3 is 5.97 Å². The fraction of sp³-hybridized carbons (Fsp3) is 0.0625. The van der Waals surface area contributed by atoms with Gasteiger partial charge in [0.05, 0.1) is 12.1 Å². The smallest absolute Gasteiger partial charge is 0.307 e. The molecule has 1 aromatic carbocycles. The van der Waals surface area contributed by atoms with E-state index >= 15 is 0 Å². The Morgan fingerprint density at radius 2 is 2.05 bits per heavy atom. The van der Waals surface area contributed by atoms with Crippen molar-refractivity contribution in [3.8, 4) is 11.3 Å². The number of hydrogen-bond acceptors (Lipinski definition) is 5. The third-order valence-corrected chi connectivity index (χ3v) is 3.78. The number of thiazole rings is 1. The zero-order valence-electron chi connectivity index (χ0n) is 11.6. The van der Waals surface area contributed by atoms with Gasteiger partial charge in [-0.3, -0.25) is 9.78 Å². The second kappa shape index (κ2) is 6.36. The van der Waals surface area contributed by atoms with Gasteiger partial charge in [-0.25, -0.2) is 4.98 Å². The van der Waals surface area contributed by atoms with Crippen molar-refractivity contribution in [2.75, 3.05) is 5.32 Å². The first kappa shape index (κ1) is 14.2. The number of rotatable bonds is 5. The van der Waals surface area contributed by atoms with E-state index in [2.05, 4.69) is 15.3 Å². The van der Waals surface area contributed by atoms with Crippen LogP contribution in [0.5, 0.6) is 0 Å². The summed E-state index contributed by atoms with van der Waals surface area (Å²) in [5.41, 5.74) is 3.50. The molecule has 0 fully saturated rings. The Bertz CT molecular complexity index is 770. The first-order valence-electron chi connectivity index (χ1n) is 6.64. The quantitative estimate of drug-likeness (QED) is 0.753. The summed E-state index contributed by atoms with van der Waals surface area (Å²) in [5, 5.41) is 14.7. The molecule has 5 nitrogen and oxygen atoms in total. The van der Waals surface area contributed by atoms with Crippen LogP contribution in [0.25, 0.3) is 11.3 Å². The molecule has 6 heteroatoms. The third kappa shape index (κ3) is 3.48. The lowest BCUT2D eigenvalue weighted by molar-refractivity contribution is -0.136. The largest absolute Gasteiger partial charge is 0.481 e. The van der Waals surface area contributed by atoms with Crippen LogP contribution in [0.2, 0.25) is 0 Å². The van der Waals surface area contributed by atoms with Gasteiger partial charge in [-0.1, -0.05) is 12.1 Å². The molecule has 2 heterocycles. The number of aliphatic carboxylic acids is 1. The molecule has 3 rings (SSSR count). The van der Waals surface area contributed by atoms with Crippen molar-refractivity contribution in [1.82, 2.24) is 9.97 Å². The summed E-state index contributed by atoms with van der Waals surface area (Å²) in [4.78, 5) is 19.3. The van der Waals surface area contributed by atoms with Crippen molar-refractivity contribution in [3.63, 3.8) is 0 Å². The van der Waals surface area contributed by atoms with Crippen LogP contribution in [0.3, 0.4) is 0 Å². The van der Waals surface area contributed by atoms with Crippen LogP contribution in [0.15, 0.2) is 54.2 Å². The van der Waals surface area contributed by atoms with Crippen LogP contribution in [0, 0.1) is 0 Å². The normalized spacial score (nSPS) is 10.4. The van der Waals surface area contributed by atoms with Crippen molar-refractivity contribution in [3.05, 3.63) is 59.7 Å². The molecule has 2 N–H and O–H groups in total. The lowest BCUT2D eigenvalue weighted by Gasteiger charge is -2.03. The van der Waals surface area contributed by atoms with Gasteiger partial charge in [0, 0.05) is 29.0 Å². The highest BCUT2D eigenvalue weighted by Gasteiger charge is 2.05. The molecule has 0 aliphatic rings. The number of carboxylic acids is 1. The molecule has 0 saturated carbocycles. The summed E-state index contributed by atoms with van der Waals surface area (Å²) >= 11 is 1.51. The Labute approximate surface area is 131 Å². The summed E-state index contributed by atoms with van der Waals surface area (Å²) in [6.45, 7) is 0. The highest BCUT2D eigenvalue weighted by molar-refractivity contribution is 7.14. The van der Waals surface area contributed by atoms with E-state index in [-0.39, 0.29) is 6.42 Å². The zero-order chi connectivity index (χ0) is 15.4. The maximum absolute atomic E-state index is 10.7. The highest BCUT2D eigenvalue weighted by Crippen LogP contribution is 2.26. The molecular formula is C16H13N3O2S. The fourth-order valence-electron chi connectivity index (χ4n) is 1.98. The van der Waals surface area contributed by atoms with E-state index in [1.807, 2.05) is 29.6 Å². The minimum Gasteiger partial charge on any atom is -0.481 e. The molecule has 2 aromatic heterocycles. The number of hydrogen-bond donors (Lipinski definition) is 2. The van der Waals surface area contributed by atoms with Crippen molar-refractivity contribution < 1.29 is 9.90 Å². The Hall–Kier alpha value is -2.73. The summed E-state index contributed by atoms with van der Waals surface area (Å²) in [6, 6.07) is 11.1. The van der Waals surface area contributed by atoms with Gasteiger partial charge in [-0.05, 0) is 29.8 Å². The predicted octanol–water partition coefficient (Wildman–Crippen LogP) is 3.58. The molecule has 0 aliphatic carbocycles. The Kier molecular flexibility index (Phi) is 4.11. The lowest BCUT2D eigenvalue weighted by atomic mass is 10.1. The topological polar surface area (TPSA) is 75.1 Å². The van der Waals surface area contributed by atoms with Gasteiger partial charge in [0.2, 0.25) is 0 Å². The van der Waals surface area contributed by atoms with Gasteiger partial charge < -0.3 is 10.4 Å². The Morgan fingerprint density at radius 1 is 1.23 bits per heavy atom. The SMILES string of the molecule is O=C(O)Cc1ccc(Nc2nc(-c3cccnc3)cs2)cc1. The van der Waals surface area contributed by atoms with Crippen LogP contribution in [0.1, 0.15) is 5.56 Å². The van der Waals surface area contributed by atoms with E-state index in [1.54, 1.807) is 24.5 Å². The van der Waals surface area contributed by atoms with Crippen LogP contribution in [0.4, 0.5) is 10.8 Å². The number of benzene rings is 1. The molecule has 0 bridgehead atoms. The molecule has 0 radical (unpaired) electrons.